The minimum absolute atomic E-state index is 0.209. The maximum absolute atomic E-state index is 5.60. The van der Waals surface area contributed by atoms with Crippen LogP contribution in [-0.4, -0.2) is 0 Å². The van der Waals surface area contributed by atoms with Crippen molar-refractivity contribution >= 4 is 31.9 Å². The van der Waals surface area contributed by atoms with E-state index in [0.717, 1.165) is 27.0 Å². The summed E-state index contributed by atoms with van der Waals surface area (Å²) in [4.78, 5) is 0. The number of benzene rings is 1. The Morgan fingerprint density at radius 2 is 1.94 bits per heavy atom. The predicted octanol–water partition coefficient (Wildman–Crippen LogP) is 4.96. The second kappa shape index (κ2) is 6.04. The molecule has 1 atom stereocenters. The monoisotopic (exact) mass is 371 g/mol. The molecule has 0 amide bonds. The van der Waals surface area contributed by atoms with Gasteiger partial charge < -0.3 is 9.73 Å². The number of furan rings is 1. The summed E-state index contributed by atoms with van der Waals surface area (Å²) in [6.45, 7) is 4.88. The van der Waals surface area contributed by atoms with Crippen molar-refractivity contribution in [1.82, 2.24) is 5.32 Å². The normalized spacial score (nSPS) is 12.7. The van der Waals surface area contributed by atoms with Gasteiger partial charge in [-0.25, -0.2) is 0 Å². The van der Waals surface area contributed by atoms with Crippen molar-refractivity contribution in [2.24, 2.45) is 0 Å². The van der Waals surface area contributed by atoms with Gasteiger partial charge in [0.15, 0.2) is 0 Å². The van der Waals surface area contributed by atoms with Gasteiger partial charge in [0, 0.05) is 15.5 Å². The third kappa shape index (κ3) is 3.46. The molecule has 1 heterocycles. The average molecular weight is 373 g/mol. The summed E-state index contributed by atoms with van der Waals surface area (Å²) >= 11 is 6.97. The van der Waals surface area contributed by atoms with Crippen molar-refractivity contribution < 1.29 is 4.42 Å². The molecule has 2 aromatic rings. The molecule has 18 heavy (non-hydrogen) atoms. The lowest BCUT2D eigenvalue weighted by Crippen LogP contribution is -2.17. The van der Waals surface area contributed by atoms with Gasteiger partial charge in [0.25, 0.3) is 0 Å². The highest BCUT2D eigenvalue weighted by molar-refractivity contribution is 9.13. The smallest absolute Gasteiger partial charge is 0.120 e. The van der Waals surface area contributed by atoms with E-state index in [2.05, 4.69) is 56.2 Å². The zero-order valence-corrected chi connectivity index (χ0v) is 13.5. The highest BCUT2D eigenvalue weighted by atomic mass is 79.9. The maximum Gasteiger partial charge on any atom is 0.120 e. The van der Waals surface area contributed by atoms with Gasteiger partial charge in [-0.3, -0.25) is 0 Å². The topological polar surface area (TPSA) is 25.2 Å². The summed E-state index contributed by atoms with van der Waals surface area (Å²) in [7, 11) is 0. The van der Waals surface area contributed by atoms with Gasteiger partial charge in [0.1, 0.15) is 11.5 Å². The molecule has 2 nitrogen and oxygen atoms in total. The molecule has 0 aliphatic rings. The SMILES string of the molecule is Cc1ccc(C(C)NCc2ccc(Br)c(Br)c2)o1. The predicted molar refractivity (Wildman–Crippen MR) is 80.5 cm³/mol. The quantitative estimate of drug-likeness (QED) is 0.820. The van der Waals surface area contributed by atoms with E-state index in [9.17, 15) is 0 Å². The van der Waals surface area contributed by atoms with Gasteiger partial charge in [-0.2, -0.15) is 0 Å². The van der Waals surface area contributed by atoms with E-state index in [0.29, 0.717) is 0 Å². The van der Waals surface area contributed by atoms with E-state index in [1.165, 1.54) is 5.56 Å². The average Bonchev–Trinajstić information content (AvgIpc) is 2.77. The molecule has 2 rings (SSSR count). The second-order valence-corrected chi connectivity index (χ2v) is 6.01. The first-order valence-electron chi connectivity index (χ1n) is 5.80. The first-order valence-corrected chi connectivity index (χ1v) is 7.38. The molecular weight excluding hydrogens is 358 g/mol. The highest BCUT2D eigenvalue weighted by Crippen LogP contribution is 2.24. The number of nitrogens with one attached hydrogen (secondary N) is 1. The van der Waals surface area contributed by atoms with Crippen LogP contribution < -0.4 is 5.32 Å². The van der Waals surface area contributed by atoms with E-state index < -0.39 is 0 Å². The van der Waals surface area contributed by atoms with Gasteiger partial charge in [0.05, 0.1) is 6.04 Å². The molecule has 0 saturated heterocycles. The van der Waals surface area contributed by atoms with Crippen LogP contribution >= 0.6 is 31.9 Å². The molecule has 1 unspecified atom stereocenters. The number of rotatable bonds is 4. The molecule has 1 aromatic carbocycles. The lowest BCUT2D eigenvalue weighted by Gasteiger charge is -2.12. The Labute approximate surface area is 124 Å². The summed E-state index contributed by atoms with van der Waals surface area (Å²) in [5.41, 5.74) is 1.24. The zero-order chi connectivity index (χ0) is 13.1. The van der Waals surface area contributed by atoms with Crippen LogP contribution in [0.4, 0.5) is 0 Å². The lowest BCUT2D eigenvalue weighted by molar-refractivity contribution is 0.416. The first-order chi connectivity index (χ1) is 8.56. The molecule has 0 aliphatic heterocycles. The Morgan fingerprint density at radius 1 is 1.17 bits per heavy atom. The Kier molecular flexibility index (Phi) is 4.65. The van der Waals surface area contributed by atoms with Crippen LogP contribution in [-0.2, 0) is 6.54 Å². The molecule has 0 aliphatic carbocycles. The Balaban J connectivity index is 1.97. The fourth-order valence-corrected chi connectivity index (χ4v) is 2.38. The van der Waals surface area contributed by atoms with Crippen molar-refractivity contribution in [3.63, 3.8) is 0 Å². The number of halogens is 2. The minimum Gasteiger partial charge on any atom is -0.465 e. The third-order valence-corrected chi connectivity index (χ3v) is 4.66. The molecule has 0 spiro atoms. The number of hydrogen-bond acceptors (Lipinski definition) is 2. The zero-order valence-electron chi connectivity index (χ0n) is 10.3. The largest absolute Gasteiger partial charge is 0.465 e. The summed E-state index contributed by atoms with van der Waals surface area (Å²) in [5, 5.41) is 3.45. The second-order valence-electron chi connectivity index (χ2n) is 4.30. The van der Waals surface area contributed by atoms with Crippen LogP contribution in [0.2, 0.25) is 0 Å². The van der Waals surface area contributed by atoms with Crippen molar-refractivity contribution in [1.29, 1.82) is 0 Å². The van der Waals surface area contributed by atoms with Crippen LogP contribution in [0.1, 0.15) is 30.0 Å². The molecule has 0 fully saturated rings. The van der Waals surface area contributed by atoms with E-state index in [-0.39, 0.29) is 6.04 Å². The molecule has 0 bridgehead atoms. The van der Waals surface area contributed by atoms with E-state index >= 15 is 0 Å². The fourth-order valence-electron chi connectivity index (χ4n) is 1.71. The van der Waals surface area contributed by atoms with Crippen molar-refractivity contribution in [3.8, 4) is 0 Å². The fraction of sp³-hybridized carbons (Fsp3) is 0.286. The summed E-state index contributed by atoms with van der Waals surface area (Å²) in [6.07, 6.45) is 0. The van der Waals surface area contributed by atoms with Gasteiger partial charge in [0.2, 0.25) is 0 Å². The van der Waals surface area contributed by atoms with E-state index in [4.69, 9.17) is 4.42 Å². The first kappa shape index (κ1) is 13.8. The Bertz CT molecular complexity index is 536. The lowest BCUT2D eigenvalue weighted by atomic mass is 10.2. The van der Waals surface area contributed by atoms with Crippen molar-refractivity contribution in [3.05, 3.63) is 56.4 Å². The molecule has 1 aromatic heterocycles. The van der Waals surface area contributed by atoms with Crippen molar-refractivity contribution in [2.75, 3.05) is 0 Å². The van der Waals surface area contributed by atoms with Gasteiger partial charge in [-0.15, -0.1) is 0 Å². The molecule has 4 heteroatoms. The molecular formula is C14H15Br2NO. The van der Waals surface area contributed by atoms with E-state index in [1.807, 2.05) is 25.1 Å². The molecule has 0 saturated carbocycles. The number of hydrogen-bond donors (Lipinski definition) is 1. The third-order valence-electron chi connectivity index (χ3n) is 2.78. The highest BCUT2D eigenvalue weighted by Gasteiger charge is 2.09. The molecule has 0 radical (unpaired) electrons. The van der Waals surface area contributed by atoms with E-state index in [1.54, 1.807) is 0 Å². The summed E-state index contributed by atoms with van der Waals surface area (Å²) in [6, 6.07) is 10.5. The molecule has 96 valence electrons. The van der Waals surface area contributed by atoms with Crippen LogP contribution in [0, 0.1) is 6.92 Å². The maximum atomic E-state index is 5.60. The van der Waals surface area contributed by atoms with Gasteiger partial charge in [-0.1, -0.05) is 6.07 Å². The van der Waals surface area contributed by atoms with Gasteiger partial charge in [-0.05, 0) is 75.5 Å². The summed E-state index contributed by atoms with van der Waals surface area (Å²) < 4.78 is 7.74. The van der Waals surface area contributed by atoms with Gasteiger partial charge >= 0.3 is 0 Å². The number of aryl methyl sites for hydroxylation is 1. The Hall–Kier alpha value is -0.580. The van der Waals surface area contributed by atoms with Crippen LogP contribution in [0.5, 0.6) is 0 Å². The standard InChI is InChI=1S/C14H15Br2NO/c1-9-3-6-14(18-9)10(2)17-8-11-4-5-12(15)13(16)7-11/h3-7,10,17H,8H2,1-2H3. The molecule has 1 N–H and O–H groups in total. The van der Waals surface area contributed by atoms with Crippen molar-refractivity contribution in [2.45, 2.75) is 26.4 Å². The minimum atomic E-state index is 0.209. The van der Waals surface area contributed by atoms with Crippen LogP contribution in [0.3, 0.4) is 0 Å². The van der Waals surface area contributed by atoms with Crippen LogP contribution in [0.15, 0.2) is 43.7 Å². The Morgan fingerprint density at radius 3 is 2.56 bits per heavy atom. The summed E-state index contributed by atoms with van der Waals surface area (Å²) in [5.74, 6) is 1.92. The van der Waals surface area contributed by atoms with Crippen LogP contribution in [0.25, 0.3) is 0 Å².